The summed E-state index contributed by atoms with van der Waals surface area (Å²) in [5.74, 6) is -0.147. The number of rotatable bonds is 1. The number of nitrogens with two attached hydrogens (primary N) is 1. The number of amides is 1. The first-order chi connectivity index (χ1) is 7.23. The van der Waals surface area contributed by atoms with Crippen molar-refractivity contribution in [3.8, 4) is 0 Å². The molecule has 1 aromatic carbocycles. The zero-order chi connectivity index (χ0) is 10.7. The molecular weight excluding hydrogens is 190 g/mol. The minimum atomic E-state index is -1.28. The first-order valence-electron chi connectivity index (χ1n) is 5.39. The molecule has 1 fully saturated rings. The smallest absolute Gasteiger partial charge is 0.346 e. The molecule has 1 unspecified atom stereocenters. The van der Waals surface area contributed by atoms with E-state index in [1.54, 1.807) is 5.32 Å². The van der Waals surface area contributed by atoms with Crippen LogP contribution in [0.25, 0.3) is 0 Å². The summed E-state index contributed by atoms with van der Waals surface area (Å²) >= 11 is 0. The highest BCUT2D eigenvalue weighted by Crippen LogP contribution is 2.27. The molecule has 0 bridgehead atoms. The standard InChI is InChI=1S/C12H15NO2/c14-11-12(15,8-4-5-9-13-11)10-6-2-1-3-7-10/h1-3,6-7,15H,4-5,8-9H2,(H,13,14)/p+1. The molecule has 1 aromatic rings. The van der Waals surface area contributed by atoms with Gasteiger partial charge in [0.2, 0.25) is 5.60 Å². The van der Waals surface area contributed by atoms with E-state index in [2.05, 4.69) is 0 Å². The van der Waals surface area contributed by atoms with Gasteiger partial charge < -0.3 is 5.11 Å². The Labute approximate surface area is 89.1 Å². The second kappa shape index (κ2) is 4.13. The van der Waals surface area contributed by atoms with Gasteiger partial charge >= 0.3 is 5.91 Å². The number of carbonyl (C=O) groups is 1. The largest absolute Gasteiger partial charge is 0.372 e. The Bertz CT molecular complexity index is 350. The van der Waals surface area contributed by atoms with E-state index < -0.39 is 5.60 Å². The van der Waals surface area contributed by atoms with E-state index in [9.17, 15) is 9.90 Å². The minimum absolute atomic E-state index is 0.147. The predicted octanol–water partition coefficient (Wildman–Crippen LogP) is 0.148. The number of aliphatic hydroxyl groups is 1. The summed E-state index contributed by atoms with van der Waals surface area (Å²) in [5.41, 5.74) is -0.564. The zero-order valence-electron chi connectivity index (χ0n) is 8.65. The minimum Gasteiger partial charge on any atom is -0.372 e. The van der Waals surface area contributed by atoms with Crippen LogP contribution in [-0.2, 0) is 10.4 Å². The highest BCUT2D eigenvalue weighted by molar-refractivity contribution is 5.78. The summed E-state index contributed by atoms with van der Waals surface area (Å²) in [4.78, 5) is 11.8. The fourth-order valence-electron chi connectivity index (χ4n) is 2.05. The third-order valence-corrected chi connectivity index (χ3v) is 2.98. The topological polar surface area (TPSA) is 53.9 Å². The van der Waals surface area contributed by atoms with Crippen molar-refractivity contribution in [1.29, 1.82) is 0 Å². The molecule has 1 amide bonds. The number of primary amides is 1. The number of hydrogen-bond acceptors (Lipinski definition) is 2. The zero-order valence-corrected chi connectivity index (χ0v) is 8.65. The summed E-state index contributed by atoms with van der Waals surface area (Å²) in [7, 11) is 0. The van der Waals surface area contributed by atoms with Crippen LogP contribution in [0.2, 0.25) is 0 Å². The molecular formula is C12H16NO2+. The van der Waals surface area contributed by atoms with E-state index in [4.69, 9.17) is 0 Å². The van der Waals surface area contributed by atoms with Crippen LogP contribution >= 0.6 is 0 Å². The fourth-order valence-corrected chi connectivity index (χ4v) is 2.05. The summed E-state index contributed by atoms with van der Waals surface area (Å²) in [6.45, 7) is 0.786. The lowest BCUT2D eigenvalue weighted by atomic mass is 9.89. The van der Waals surface area contributed by atoms with Crippen LogP contribution in [0.1, 0.15) is 24.8 Å². The van der Waals surface area contributed by atoms with Gasteiger partial charge in [0.1, 0.15) is 0 Å². The van der Waals surface area contributed by atoms with Gasteiger partial charge in [-0.3, -0.25) is 5.32 Å². The highest BCUT2D eigenvalue weighted by atomic mass is 16.3. The van der Waals surface area contributed by atoms with Crippen molar-refractivity contribution in [2.24, 2.45) is 0 Å². The van der Waals surface area contributed by atoms with Crippen LogP contribution in [0.5, 0.6) is 0 Å². The van der Waals surface area contributed by atoms with E-state index in [1.165, 1.54) is 0 Å². The molecule has 1 atom stereocenters. The van der Waals surface area contributed by atoms with Crippen LogP contribution in [0.4, 0.5) is 0 Å². The van der Waals surface area contributed by atoms with E-state index in [-0.39, 0.29) is 5.91 Å². The first kappa shape index (κ1) is 10.3. The Morgan fingerprint density at radius 2 is 1.93 bits per heavy atom. The summed E-state index contributed by atoms with van der Waals surface area (Å²) in [5, 5.41) is 12.0. The Kier molecular flexibility index (Phi) is 2.84. The van der Waals surface area contributed by atoms with E-state index in [0.717, 1.165) is 19.4 Å². The maximum Gasteiger partial charge on any atom is 0.346 e. The average Bonchev–Trinajstić information content (AvgIpc) is 2.44. The summed E-state index contributed by atoms with van der Waals surface area (Å²) in [6.07, 6.45) is 2.42. The molecule has 3 nitrogen and oxygen atoms in total. The van der Waals surface area contributed by atoms with Crippen molar-refractivity contribution < 1.29 is 15.2 Å². The molecule has 3 heteroatoms. The monoisotopic (exact) mass is 206 g/mol. The normalized spacial score (nSPS) is 27.4. The molecule has 1 aliphatic rings. The van der Waals surface area contributed by atoms with Gasteiger partial charge in [-0.05, 0) is 24.8 Å². The molecule has 0 saturated carbocycles. The maximum atomic E-state index is 11.8. The molecule has 1 aliphatic heterocycles. The van der Waals surface area contributed by atoms with Crippen molar-refractivity contribution >= 4 is 5.91 Å². The number of hydrogen-bond donors (Lipinski definition) is 2. The van der Waals surface area contributed by atoms with Crippen molar-refractivity contribution in [3.05, 3.63) is 35.9 Å². The Hall–Kier alpha value is -1.19. The predicted molar refractivity (Wildman–Crippen MR) is 56.0 cm³/mol. The molecule has 0 spiro atoms. The first-order valence-corrected chi connectivity index (χ1v) is 5.39. The van der Waals surface area contributed by atoms with E-state index >= 15 is 0 Å². The van der Waals surface area contributed by atoms with Gasteiger partial charge in [-0.1, -0.05) is 30.3 Å². The lowest BCUT2D eigenvalue weighted by Gasteiger charge is -2.22. The number of benzene rings is 1. The van der Waals surface area contributed by atoms with Gasteiger partial charge in [-0.25, -0.2) is 4.79 Å². The van der Waals surface area contributed by atoms with Crippen molar-refractivity contribution in [1.82, 2.24) is 0 Å². The van der Waals surface area contributed by atoms with Crippen molar-refractivity contribution in [2.75, 3.05) is 6.54 Å². The van der Waals surface area contributed by atoms with Gasteiger partial charge in [0.05, 0.1) is 6.54 Å². The van der Waals surface area contributed by atoms with Crippen LogP contribution in [0, 0.1) is 0 Å². The van der Waals surface area contributed by atoms with Gasteiger partial charge in [-0.15, -0.1) is 0 Å². The van der Waals surface area contributed by atoms with Crippen LogP contribution in [0.15, 0.2) is 30.3 Å². The molecule has 80 valence electrons. The van der Waals surface area contributed by atoms with E-state index in [1.807, 2.05) is 30.3 Å². The van der Waals surface area contributed by atoms with Crippen LogP contribution in [-0.4, -0.2) is 17.6 Å². The molecule has 1 heterocycles. The molecule has 15 heavy (non-hydrogen) atoms. The average molecular weight is 206 g/mol. The molecule has 0 aromatic heterocycles. The third kappa shape index (κ3) is 1.94. The van der Waals surface area contributed by atoms with Crippen LogP contribution in [0.3, 0.4) is 0 Å². The second-order valence-corrected chi connectivity index (χ2v) is 4.04. The number of quaternary nitrogens is 1. The second-order valence-electron chi connectivity index (χ2n) is 4.04. The Morgan fingerprint density at radius 1 is 1.20 bits per heavy atom. The highest BCUT2D eigenvalue weighted by Gasteiger charge is 2.41. The van der Waals surface area contributed by atoms with Crippen LogP contribution < -0.4 is 5.32 Å². The van der Waals surface area contributed by atoms with Gasteiger partial charge in [0, 0.05) is 0 Å². The van der Waals surface area contributed by atoms with Crippen molar-refractivity contribution in [2.45, 2.75) is 24.9 Å². The maximum absolute atomic E-state index is 11.8. The summed E-state index contributed by atoms with van der Waals surface area (Å²) < 4.78 is 0. The molecule has 0 aliphatic carbocycles. The summed E-state index contributed by atoms with van der Waals surface area (Å²) in [6, 6.07) is 9.23. The Balaban J connectivity index is 2.34. The lowest BCUT2D eigenvalue weighted by Crippen LogP contribution is -2.91. The molecule has 3 N–H and O–H groups in total. The lowest BCUT2D eigenvalue weighted by molar-refractivity contribution is -0.574. The SMILES string of the molecule is O=C1[NH2+]CCCCC1(O)c1ccccc1. The number of carbonyl (C=O) groups excluding carboxylic acids is 1. The fraction of sp³-hybridized carbons (Fsp3) is 0.417. The van der Waals surface area contributed by atoms with Gasteiger partial charge in [0.25, 0.3) is 0 Å². The molecule has 0 radical (unpaired) electrons. The third-order valence-electron chi connectivity index (χ3n) is 2.98. The quantitative estimate of drug-likeness (QED) is 0.687. The van der Waals surface area contributed by atoms with Crippen molar-refractivity contribution in [3.63, 3.8) is 0 Å². The molecule has 1 saturated heterocycles. The van der Waals surface area contributed by atoms with Gasteiger partial charge in [-0.2, -0.15) is 0 Å². The molecule has 2 rings (SSSR count). The van der Waals surface area contributed by atoms with E-state index in [0.29, 0.717) is 12.0 Å². The Morgan fingerprint density at radius 3 is 2.67 bits per heavy atom. The van der Waals surface area contributed by atoms with Gasteiger partial charge in [0.15, 0.2) is 0 Å².